The largest absolute Gasteiger partial charge is 0.325 e. The minimum atomic E-state index is -0.509. The second kappa shape index (κ2) is 4.37. The van der Waals surface area contributed by atoms with E-state index in [0.717, 1.165) is 29.5 Å². The zero-order valence-corrected chi connectivity index (χ0v) is 11.3. The number of urea groups is 1. The van der Waals surface area contributed by atoms with Gasteiger partial charge >= 0.3 is 6.03 Å². The van der Waals surface area contributed by atoms with Crippen LogP contribution < -0.4 is 5.32 Å². The molecule has 3 rings (SSSR count). The molecule has 1 N–H and O–H groups in total. The van der Waals surface area contributed by atoms with Crippen LogP contribution in [-0.2, 0) is 4.79 Å². The molecule has 1 saturated heterocycles. The van der Waals surface area contributed by atoms with Gasteiger partial charge in [0.1, 0.15) is 6.04 Å². The topological polar surface area (TPSA) is 49.4 Å². The van der Waals surface area contributed by atoms with E-state index in [2.05, 4.69) is 11.4 Å². The van der Waals surface area contributed by atoms with Gasteiger partial charge in [-0.1, -0.05) is 29.3 Å². The fraction of sp³-hybridized carbons (Fsp3) is 0.467. The molecule has 1 aromatic carbocycles. The molecule has 2 aliphatic rings. The first-order chi connectivity index (χ1) is 9.04. The van der Waals surface area contributed by atoms with Gasteiger partial charge in [0.25, 0.3) is 5.91 Å². The fourth-order valence-electron chi connectivity index (χ4n) is 2.65. The maximum absolute atomic E-state index is 12.3. The summed E-state index contributed by atoms with van der Waals surface area (Å²) in [5, 5.41) is 2.80. The first-order valence-electron chi connectivity index (χ1n) is 6.74. The normalized spacial score (nSPS) is 22.8. The maximum Gasteiger partial charge on any atom is 0.325 e. The number of hydrogen-bond donors (Lipinski definition) is 1. The summed E-state index contributed by atoms with van der Waals surface area (Å²) in [6.07, 6.45) is 2.26. The maximum atomic E-state index is 12.3. The molecule has 1 unspecified atom stereocenters. The van der Waals surface area contributed by atoms with Gasteiger partial charge in [0.15, 0.2) is 0 Å². The van der Waals surface area contributed by atoms with E-state index in [1.807, 2.05) is 26.0 Å². The average molecular weight is 258 g/mol. The molecule has 3 amide bonds. The molecular formula is C15H18N2O2. The summed E-state index contributed by atoms with van der Waals surface area (Å²) in [5.74, 6) is 0.412. The zero-order valence-electron chi connectivity index (χ0n) is 11.3. The van der Waals surface area contributed by atoms with E-state index in [1.165, 1.54) is 4.90 Å². The molecule has 0 aromatic heterocycles. The summed E-state index contributed by atoms with van der Waals surface area (Å²) < 4.78 is 0. The van der Waals surface area contributed by atoms with Crippen molar-refractivity contribution in [1.82, 2.24) is 10.2 Å². The molecule has 0 spiro atoms. The van der Waals surface area contributed by atoms with Crippen LogP contribution in [0.1, 0.15) is 35.6 Å². The lowest BCUT2D eigenvalue weighted by molar-refractivity contribution is -0.127. The van der Waals surface area contributed by atoms with Crippen molar-refractivity contribution < 1.29 is 9.59 Å². The van der Waals surface area contributed by atoms with Gasteiger partial charge in [-0.2, -0.15) is 0 Å². The molecule has 1 aromatic rings. The van der Waals surface area contributed by atoms with Crippen LogP contribution in [-0.4, -0.2) is 23.4 Å². The highest BCUT2D eigenvalue weighted by Crippen LogP contribution is 2.32. The van der Waals surface area contributed by atoms with Crippen molar-refractivity contribution in [3.05, 3.63) is 34.9 Å². The van der Waals surface area contributed by atoms with Crippen LogP contribution in [0.2, 0.25) is 0 Å². The van der Waals surface area contributed by atoms with E-state index in [4.69, 9.17) is 0 Å². The molecule has 1 atom stereocenters. The number of hydrogen-bond acceptors (Lipinski definition) is 2. The van der Waals surface area contributed by atoms with Crippen molar-refractivity contribution in [3.8, 4) is 0 Å². The van der Waals surface area contributed by atoms with Crippen LogP contribution in [0.3, 0.4) is 0 Å². The number of imide groups is 1. The van der Waals surface area contributed by atoms with Gasteiger partial charge in [-0.05, 0) is 38.2 Å². The molecule has 4 heteroatoms. The summed E-state index contributed by atoms with van der Waals surface area (Å²) in [6, 6.07) is 5.24. The zero-order chi connectivity index (χ0) is 13.6. The predicted molar refractivity (Wildman–Crippen MR) is 71.6 cm³/mol. The predicted octanol–water partition coefficient (Wildman–Crippen LogP) is 2.31. The van der Waals surface area contributed by atoms with Crippen molar-refractivity contribution in [2.75, 3.05) is 6.54 Å². The highest BCUT2D eigenvalue weighted by atomic mass is 16.2. The minimum absolute atomic E-state index is 0.109. The van der Waals surface area contributed by atoms with E-state index in [0.29, 0.717) is 12.5 Å². The molecule has 0 radical (unpaired) electrons. The van der Waals surface area contributed by atoms with Crippen molar-refractivity contribution in [2.24, 2.45) is 5.92 Å². The molecule has 1 aliphatic heterocycles. The fourth-order valence-corrected chi connectivity index (χ4v) is 2.65. The third kappa shape index (κ3) is 2.35. The minimum Gasteiger partial charge on any atom is -0.322 e. The highest BCUT2D eigenvalue weighted by molar-refractivity contribution is 6.04. The molecule has 1 heterocycles. The Bertz CT molecular complexity index is 529. The van der Waals surface area contributed by atoms with Crippen LogP contribution >= 0.6 is 0 Å². The first-order valence-corrected chi connectivity index (χ1v) is 6.74. The molecule has 100 valence electrons. The molecule has 1 saturated carbocycles. The second-order valence-corrected chi connectivity index (χ2v) is 5.70. The number of nitrogens with zero attached hydrogens (tertiary/aromatic N) is 1. The van der Waals surface area contributed by atoms with E-state index >= 15 is 0 Å². The summed E-state index contributed by atoms with van der Waals surface area (Å²) in [7, 11) is 0. The van der Waals surface area contributed by atoms with Crippen LogP contribution in [0.25, 0.3) is 0 Å². The third-order valence-electron chi connectivity index (χ3n) is 3.74. The monoisotopic (exact) mass is 258 g/mol. The molecule has 1 aliphatic carbocycles. The van der Waals surface area contributed by atoms with E-state index in [-0.39, 0.29) is 11.9 Å². The number of nitrogens with one attached hydrogen (secondary N) is 1. The van der Waals surface area contributed by atoms with E-state index in [9.17, 15) is 9.59 Å². The van der Waals surface area contributed by atoms with Crippen molar-refractivity contribution in [3.63, 3.8) is 0 Å². The first kappa shape index (κ1) is 12.2. The average Bonchev–Trinajstić information content (AvgIpc) is 3.09. The third-order valence-corrected chi connectivity index (χ3v) is 3.74. The van der Waals surface area contributed by atoms with Crippen LogP contribution in [0, 0.1) is 19.8 Å². The highest BCUT2D eigenvalue weighted by Gasteiger charge is 2.41. The number of carbonyl (C=O) groups is 2. The molecule has 19 heavy (non-hydrogen) atoms. The van der Waals surface area contributed by atoms with Crippen LogP contribution in [0.15, 0.2) is 18.2 Å². The lowest BCUT2D eigenvalue weighted by Crippen LogP contribution is -2.32. The Morgan fingerprint density at radius 1 is 1.16 bits per heavy atom. The molecular weight excluding hydrogens is 240 g/mol. The van der Waals surface area contributed by atoms with Gasteiger partial charge in [-0.3, -0.25) is 9.69 Å². The van der Waals surface area contributed by atoms with Gasteiger partial charge in [0, 0.05) is 6.54 Å². The Kier molecular flexibility index (Phi) is 2.81. The van der Waals surface area contributed by atoms with Gasteiger partial charge in [-0.15, -0.1) is 0 Å². The smallest absolute Gasteiger partial charge is 0.322 e. The molecule has 2 fully saturated rings. The Morgan fingerprint density at radius 2 is 1.79 bits per heavy atom. The van der Waals surface area contributed by atoms with Gasteiger partial charge in [-0.25, -0.2) is 4.79 Å². The second-order valence-electron chi connectivity index (χ2n) is 5.70. The Hall–Kier alpha value is -1.84. The number of aryl methyl sites for hydroxylation is 2. The number of amides is 3. The number of carbonyl (C=O) groups excluding carboxylic acids is 2. The number of rotatable bonds is 3. The molecule has 4 nitrogen and oxygen atoms in total. The van der Waals surface area contributed by atoms with E-state index < -0.39 is 6.04 Å². The Balaban J connectivity index is 1.85. The van der Waals surface area contributed by atoms with Crippen molar-refractivity contribution >= 4 is 11.9 Å². The Morgan fingerprint density at radius 3 is 2.37 bits per heavy atom. The van der Waals surface area contributed by atoms with E-state index in [1.54, 1.807) is 0 Å². The quantitative estimate of drug-likeness (QED) is 0.846. The molecule has 0 bridgehead atoms. The lowest BCUT2D eigenvalue weighted by atomic mass is 10.0. The van der Waals surface area contributed by atoms with Crippen molar-refractivity contribution in [2.45, 2.75) is 32.7 Å². The van der Waals surface area contributed by atoms with Crippen LogP contribution in [0.4, 0.5) is 4.79 Å². The summed E-state index contributed by atoms with van der Waals surface area (Å²) in [5.41, 5.74) is 3.10. The summed E-state index contributed by atoms with van der Waals surface area (Å²) >= 11 is 0. The SMILES string of the molecule is Cc1cc(C)cc(C2NC(=O)N(CC3CC3)C2=O)c1. The summed E-state index contributed by atoms with van der Waals surface area (Å²) in [6.45, 7) is 4.57. The lowest BCUT2D eigenvalue weighted by Gasteiger charge is -2.13. The van der Waals surface area contributed by atoms with Crippen molar-refractivity contribution in [1.29, 1.82) is 0 Å². The summed E-state index contributed by atoms with van der Waals surface area (Å²) in [4.78, 5) is 25.6. The Labute approximate surface area is 112 Å². The standard InChI is InChI=1S/C15H18N2O2/c1-9-5-10(2)7-12(6-9)13-14(18)17(15(19)16-13)8-11-3-4-11/h5-7,11,13H,3-4,8H2,1-2H3,(H,16,19). The van der Waals surface area contributed by atoms with Gasteiger partial charge in [0.2, 0.25) is 0 Å². The van der Waals surface area contributed by atoms with Gasteiger partial charge in [0.05, 0.1) is 0 Å². The number of benzene rings is 1. The van der Waals surface area contributed by atoms with Crippen LogP contribution in [0.5, 0.6) is 0 Å². The van der Waals surface area contributed by atoms with Gasteiger partial charge < -0.3 is 5.32 Å².